The number of rotatable bonds is 4. The van der Waals surface area contributed by atoms with Gasteiger partial charge in [-0.2, -0.15) is 0 Å². The van der Waals surface area contributed by atoms with Crippen molar-refractivity contribution in [2.45, 2.75) is 44.7 Å². The van der Waals surface area contributed by atoms with E-state index in [0.717, 1.165) is 21.1 Å². The maximum Gasteiger partial charge on any atom is 0.260 e. The van der Waals surface area contributed by atoms with E-state index in [1.54, 1.807) is 22.7 Å². The molecule has 1 fully saturated rings. The van der Waals surface area contributed by atoms with Crippen LogP contribution in [-0.4, -0.2) is 16.0 Å². The van der Waals surface area contributed by atoms with Crippen LogP contribution in [0.3, 0.4) is 0 Å². The Morgan fingerprint density at radius 3 is 2.91 bits per heavy atom. The predicted molar refractivity (Wildman–Crippen MR) is 97.4 cm³/mol. The predicted octanol–water partition coefficient (Wildman–Crippen LogP) is 4.31. The van der Waals surface area contributed by atoms with Crippen LogP contribution in [-0.2, 0) is 0 Å². The first kappa shape index (κ1) is 15.1. The molecule has 6 heteroatoms. The van der Waals surface area contributed by atoms with Gasteiger partial charge in [0.25, 0.3) is 5.56 Å². The van der Waals surface area contributed by atoms with Gasteiger partial charge in [-0.05, 0) is 31.2 Å². The fourth-order valence-electron chi connectivity index (χ4n) is 3.31. The Balaban J connectivity index is 1.69. The molecular formula is C17H19N3OS2. The smallest absolute Gasteiger partial charge is 0.260 e. The maximum absolute atomic E-state index is 12.6. The molecule has 0 bridgehead atoms. The van der Waals surface area contributed by atoms with Gasteiger partial charge in [0.05, 0.1) is 11.4 Å². The number of hydrogen-bond donors (Lipinski definition) is 2. The summed E-state index contributed by atoms with van der Waals surface area (Å²) >= 11 is 3.20. The van der Waals surface area contributed by atoms with Crippen LogP contribution in [0.2, 0.25) is 0 Å². The van der Waals surface area contributed by atoms with Crippen molar-refractivity contribution in [3.8, 4) is 10.4 Å². The number of nitrogens with one attached hydrogen (secondary N) is 2. The van der Waals surface area contributed by atoms with E-state index in [0.29, 0.717) is 11.4 Å². The summed E-state index contributed by atoms with van der Waals surface area (Å²) in [6.45, 7) is 2.08. The molecule has 3 aromatic heterocycles. The van der Waals surface area contributed by atoms with Gasteiger partial charge in [0.2, 0.25) is 0 Å². The van der Waals surface area contributed by atoms with E-state index in [1.807, 2.05) is 22.9 Å². The molecule has 0 aromatic carbocycles. The van der Waals surface area contributed by atoms with Gasteiger partial charge in [-0.25, -0.2) is 4.98 Å². The number of aromatic amines is 1. The molecule has 3 aromatic rings. The normalized spacial score (nSPS) is 17.1. The van der Waals surface area contributed by atoms with Crippen LogP contribution in [0.1, 0.15) is 44.5 Å². The van der Waals surface area contributed by atoms with Crippen LogP contribution in [0.4, 0.5) is 0 Å². The second kappa shape index (κ2) is 6.19. The first-order valence-electron chi connectivity index (χ1n) is 8.03. The molecule has 0 aliphatic heterocycles. The summed E-state index contributed by atoms with van der Waals surface area (Å²) in [6.07, 6.45) is 5.03. The summed E-state index contributed by atoms with van der Waals surface area (Å²) in [5.41, 5.74) is 0.964. The molecule has 0 saturated heterocycles. The van der Waals surface area contributed by atoms with Crippen molar-refractivity contribution in [1.29, 1.82) is 0 Å². The van der Waals surface area contributed by atoms with E-state index in [-0.39, 0.29) is 11.6 Å². The van der Waals surface area contributed by atoms with Crippen LogP contribution in [0, 0.1) is 0 Å². The summed E-state index contributed by atoms with van der Waals surface area (Å²) in [4.78, 5) is 22.3. The van der Waals surface area contributed by atoms with Crippen LogP contribution >= 0.6 is 22.7 Å². The molecule has 0 radical (unpaired) electrons. The van der Waals surface area contributed by atoms with Gasteiger partial charge >= 0.3 is 0 Å². The number of fused-ring (bicyclic) bond motifs is 1. The minimum absolute atomic E-state index is 0.0327. The second-order valence-corrected chi connectivity index (χ2v) is 7.93. The van der Waals surface area contributed by atoms with E-state index < -0.39 is 0 Å². The first-order chi connectivity index (χ1) is 11.2. The molecule has 1 aliphatic carbocycles. The largest absolute Gasteiger partial charge is 0.309 e. The average molecular weight is 345 g/mol. The Hall–Kier alpha value is -1.50. The summed E-state index contributed by atoms with van der Waals surface area (Å²) < 4.78 is 0. The van der Waals surface area contributed by atoms with Crippen molar-refractivity contribution in [3.05, 3.63) is 39.1 Å². The third-order valence-corrected chi connectivity index (χ3v) is 6.28. The van der Waals surface area contributed by atoms with Crippen molar-refractivity contribution >= 4 is 32.9 Å². The topological polar surface area (TPSA) is 57.8 Å². The first-order valence-corrected chi connectivity index (χ1v) is 9.79. The second-order valence-electron chi connectivity index (χ2n) is 6.13. The molecule has 4 nitrogen and oxygen atoms in total. The highest BCUT2D eigenvalue weighted by molar-refractivity contribution is 7.18. The standard InChI is InChI=1S/C17H19N3OS2/c1-10(18-11-5-2-3-6-11)15-19-16(21)14-12(9-23-17(14)20-15)13-7-4-8-22-13/h4,7-11,18H,2-3,5-6H2,1H3,(H,19,20,21)/t10-/m0/s1. The number of hydrogen-bond acceptors (Lipinski definition) is 5. The molecule has 1 atom stereocenters. The zero-order valence-electron chi connectivity index (χ0n) is 13.0. The fourth-order valence-corrected chi connectivity index (χ4v) is 5.08. The minimum Gasteiger partial charge on any atom is -0.309 e. The van der Waals surface area contributed by atoms with Crippen molar-refractivity contribution in [2.24, 2.45) is 0 Å². The summed E-state index contributed by atoms with van der Waals surface area (Å²) in [7, 11) is 0. The van der Waals surface area contributed by atoms with Gasteiger partial charge in [-0.3, -0.25) is 4.79 Å². The van der Waals surface area contributed by atoms with Crippen LogP contribution in [0.5, 0.6) is 0 Å². The molecule has 2 N–H and O–H groups in total. The van der Waals surface area contributed by atoms with Gasteiger partial charge in [0, 0.05) is 21.9 Å². The molecule has 4 rings (SSSR count). The van der Waals surface area contributed by atoms with E-state index in [9.17, 15) is 4.79 Å². The van der Waals surface area contributed by atoms with Crippen molar-refractivity contribution in [3.63, 3.8) is 0 Å². The van der Waals surface area contributed by atoms with E-state index >= 15 is 0 Å². The van der Waals surface area contributed by atoms with Crippen molar-refractivity contribution in [1.82, 2.24) is 15.3 Å². The van der Waals surface area contributed by atoms with Gasteiger partial charge in [-0.15, -0.1) is 22.7 Å². The Morgan fingerprint density at radius 2 is 2.17 bits per heavy atom. The molecule has 120 valence electrons. The average Bonchev–Trinajstić information content (AvgIpc) is 3.27. The third-order valence-electron chi connectivity index (χ3n) is 4.50. The minimum atomic E-state index is -0.0327. The molecular weight excluding hydrogens is 326 g/mol. The van der Waals surface area contributed by atoms with Crippen LogP contribution in [0.25, 0.3) is 20.7 Å². The quantitative estimate of drug-likeness (QED) is 0.741. The Bertz CT molecular complexity index is 860. The van der Waals surface area contributed by atoms with Gasteiger partial charge < -0.3 is 10.3 Å². The van der Waals surface area contributed by atoms with E-state index in [2.05, 4.69) is 17.2 Å². The van der Waals surface area contributed by atoms with Crippen molar-refractivity contribution < 1.29 is 0 Å². The molecule has 0 spiro atoms. The van der Waals surface area contributed by atoms with Crippen LogP contribution < -0.4 is 10.9 Å². The molecule has 0 amide bonds. The molecule has 23 heavy (non-hydrogen) atoms. The highest BCUT2D eigenvalue weighted by Crippen LogP contribution is 2.33. The van der Waals surface area contributed by atoms with E-state index in [4.69, 9.17) is 4.98 Å². The fraction of sp³-hybridized carbons (Fsp3) is 0.412. The summed E-state index contributed by atoms with van der Waals surface area (Å²) in [6, 6.07) is 4.68. The zero-order chi connectivity index (χ0) is 15.8. The lowest BCUT2D eigenvalue weighted by molar-refractivity contribution is 0.447. The van der Waals surface area contributed by atoms with Gasteiger partial charge in [-0.1, -0.05) is 18.9 Å². The zero-order valence-corrected chi connectivity index (χ0v) is 14.6. The lowest BCUT2D eigenvalue weighted by Gasteiger charge is -2.18. The maximum atomic E-state index is 12.6. The highest BCUT2D eigenvalue weighted by atomic mass is 32.1. The SMILES string of the molecule is C[C@H](NC1CCCC1)c1nc2scc(-c3cccs3)c2c(=O)[nH]1. The van der Waals surface area contributed by atoms with Crippen molar-refractivity contribution in [2.75, 3.05) is 0 Å². The Labute approximate surface area is 142 Å². The lowest BCUT2D eigenvalue weighted by Crippen LogP contribution is -2.31. The van der Waals surface area contributed by atoms with E-state index in [1.165, 1.54) is 25.7 Å². The molecule has 0 unspecified atom stereocenters. The monoisotopic (exact) mass is 345 g/mol. The van der Waals surface area contributed by atoms with Crippen LogP contribution in [0.15, 0.2) is 27.7 Å². The lowest BCUT2D eigenvalue weighted by atomic mass is 10.2. The summed E-state index contributed by atoms with van der Waals surface area (Å²) in [5, 5.41) is 8.38. The highest BCUT2D eigenvalue weighted by Gasteiger charge is 2.20. The molecule has 1 aliphatic rings. The van der Waals surface area contributed by atoms with Gasteiger partial charge in [0.15, 0.2) is 0 Å². The third kappa shape index (κ3) is 2.86. The number of thiophene rings is 2. The van der Waals surface area contributed by atoms with Gasteiger partial charge in [0.1, 0.15) is 10.7 Å². The Morgan fingerprint density at radius 1 is 1.35 bits per heavy atom. The number of aromatic nitrogens is 2. The number of H-pyrrole nitrogens is 1. The number of nitrogens with zero attached hydrogens (tertiary/aromatic N) is 1. The molecule has 3 heterocycles. The molecule has 1 saturated carbocycles. The Kier molecular flexibility index (Phi) is 4.05. The summed E-state index contributed by atoms with van der Waals surface area (Å²) in [5.74, 6) is 0.744.